The van der Waals surface area contributed by atoms with Gasteiger partial charge in [0.15, 0.2) is 6.29 Å². The molecule has 0 N–H and O–H groups in total. The van der Waals surface area contributed by atoms with Crippen LogP contribution in [0.4, 0.5) is 0 Å². The lowest BCUT2D eigenvalue weighted by molar-refractivity contribution is -0.0477. The van der Waals surface area contributed by atoms with E-state index in [0.29, 0.717) is 23.4 Å². The van der Waals surface area contributed by atoms with Crippen LogP contribution in [0.2, 0.25) is 0 Å². The maximum Gasteiger partial charge on any atom is 0.268 e. The largest absolute Gasteiger partial charge is 0.345 e. The molecule has 0 atom stereocenters. The molecule has 1 saturated heterocycles. The van der Waals surface area contributed by atoms with Crippen LogP contribution in [-0.2, 0) is 19.5 Å². The molecule has 1 aliphatic rings. The molecule has 0 unspecified atom stereocenters. The summed E-state index contributed by atoms with van der Waals surface area (Å²) >= 11 is 3.30. The van der Waals surface area contributed by atoms with E-state index in [9.17, 15) is 8.42 Å². The Labute approximate surface area is 125 Å². The van der Waals surface area contributed by atoms with Crippen LogP contribution in [0.3, 0.4) is 0 Å². The molecule has 106 valence electrons. The molecule has 1 fully saturated rings. The average molecular weight is 358 g/mol. The molecule has 0 amide bonds. The summed E-state index contributed by atoms with van der Waals surface area (Å²) in [5.74, 6) is 0. The van der Waals surface area contributed by atoms with Gasteiger partial charge in [0.1, 0.15) is 0 Å². The third-order valence-electron chi connectivity index (χ3n) is 2.94. The molecule has 2 heterocycles. The Morgan fingerprint density at radius 1 is 1.15 bits per heavy atom. The zero-order valence-corrected chi connectivity index (χ0v) is 12.8. The molecular formula is C13H12BrNO4S. The highest BCUT2D eigenvalue weighted by Crippen LogP contribution is 2.30. The predicted molar refractivity (Wildman–Crippen MR) is 75.8 cm³/mol. The first-order valence-corrected chi connectivity index (χ1v) is 8.24. The first-order chi connectivity index (χ1) is 9.59. The van der Waals surface area contributed by atoms with Crippen molar-refractivity contribution in [2.45, 2.75) is 11.2 Å². The van der Waals surface area contributed by atoms with Crippen LogP contribution in [0.1, 0.15) is 12.0 Å². The molecule has 1 aromatic carbocycles. The summed E-state index contributed by atoms with van der Waals surface area (Å²) in [5, 5.41) is 0. The molecule has 20 heavy (non-hydrogen) atoms. The molecule has 1 aliphatic heterocycles. The van der Waals surface area contributed by atoms with Gasteiger partial charge in [-0.1, -0.05) is 18.2 Å². The van der Waals surface area contributed by atoms with Crippen molar-refractivity contribution in [2.24, 2.45) is 0 Å². The van der Waals surface area contributed by atoms with Gasteiger partial charge in [-0.15, -0.1) is 0 Å². The van der Waals surface area contributed by atoms with E-state index in [0.717, 1.165) is 0 Å². The van der Waals surface area contributed by atoms with Gasteiger partial charge in [0.25, 0.3) is 10.0 Å². The van der Waals surface area contributed by atoms with Crippen molar-refractivity contribution in [1.82, 2.24) is 3.97 Å². The third kappa shape index (κ3) is 2.42. The fourth-order valence-corrected chi connectivity index (χ4v) is 4.02. The Kier molecular flexibility index (Phi) is 3.68. The average Bonchev–Trinajstić information content (AvgIpc) is 3.08. The van der Waals surface area contributed by atoms with Gasteiger partial charge in [0.05, 0.1) is 23.8 Å². The SMILES string of the molecule is O=S(=O)(c1ccccc1)n1cc(Br)cc1C1OCCO1. The second-order valence-electron chi connectivity index (χ2n) is 4.27. The summed E-state index contributed by atoms with van der Waals surface area (Å²) in [6.07, 6.45) is 0.850. The standard InChI is InChI=1S/C13H12BrNO4S/c14-10-8-12(13-18-6-7-19-13)15(9-10)20(16,17)11-4-2-1-3-5-11/h1-5,8-9,13H,6-7H2. The van der Waals surface area contributed by atoms with Crippen molar-refractivity contribution in [3.05, 3.63) is 52.8 Å². The lowest BCUT2D eigenvalue weighted by Crippen LogP contribution is -2.17. The van der Waals surface area contributed by atoms with Crippen molar-refractivity contribution >= 4 is 26.0 Å². The Morgan fingerprint density at radius 3 is 2.45 bits per heavy atom. The Hall–Kier alpha value is -1.15. The second kappa shape index (κ2) is 5.33. The van der Waals surface area contributed by atoms with Crippen LogP contribution in [0.25, 0.3) is 0 Å². The van der Waals surface area contributed by atoms with Gasteiger partial charge in [0.2, 0.25) is 0 Å². The summed E-state index contributed by atoms with van der Waals surface area (Å²) in [6, 6.07) is 9.96. The number of rotatable bonds is 3. The Balaban J connectivity index is 2.10. The molecule has 7 heteroatoms. The molecule has 0 aliphatic carbocycles. The number of hydrogen-bond donors (Lipinski definition) is 0. The molecule has 2 aromatic rings. The van der Waals surface area contributed by atoms with Crippen molar-refractivity contribution in [2.75, 3.05) is 13.2 Å². The quantitative estimate of drug-likeness (QED) is 0.846. The van der Waals surface area contributed by atoms with Crippen molar-refractivity contribution in [3.63, 3.8) is 0 Å². The van der Waals surface area contributed by atoms with E-state index in [-0.39, 0.29) is 4.90 Å². The first-order valence-electron chi connectivity index (χ1n) is 6.00. The van der Waals surface area contributed by atoms with E-state index < -0.39 is 16.3 Å². The van der Waals surface area contributed by atoms with E-state index in [1.165, 1.54) is 10.2 Å². The highest BCUT2D eigenvalue weighted by molar-refractivity contribution is 9.10. The summed E-state index contributed by atoms with van der Waals surface area (Å²) < 4.78 is 38.0. The molecule has 0 bridgehead atoms. The van der Waals surface area contributed by atoms with E-state index in [4.69, 9.17) is 9.47 Å². The molecular weight excluding hydrogens is 346 g/mol. The van der Waals surface area contributed by atoms with Gasteiger partial charge in [-0.05, 0) is 34.1 Å². The van der Waals surface area contributed by atoms with Gasteiger partial charge in [0, 0.05) is 10.7 Å². The molecule has 0 spiro atoms. The predicted octanol–water partition coefficient (Wildman–Crippen LogP) is 2.53. The summed E-state index contributed by atoms with van der Waals surface area (Å²) in [5.41, 5.74) is 0.457. The number of ether oxygens (including phenoxy) is 2. The number of hydrogen-bond acceptors (Lipinski definition) is 4. The van der Waals surface area contributed by atoms with Crippen molar-refractivity contribution in [1.29, 1.82) is 0 Å². The van der Waals surface area contributed by atoms with Crippen LogP contribution >= 0.6 is 15.9 Å². The first kappa shape index (κ1) is 13.8. The van der Waals surface area contributed by atoms with Gasteiger partial charge in [-0.3, -0.25) is 0 Å². The number of aromatic nitrogens is 1. The summed E-state index contributed by atoms with van der Waals surface area (Å²) in [7, 11) is -3.66. The minimum absolute atomic E-state index is 0.224. The lowest BCUT2D eigenvalue weighted by atomic mass is 10.4. The minimum atomic E-state index is -3.66. The highest BCUT2D eigenvalue weighted by Gasteiger charge is 2.28. The highest BCUT2D eigenvalue weighted by atomic mass is 79.9. The van der Waals surface area contributed by atoms with Gasteiger partial charge < -0.3 is 9.47 Å². The van der Waals surface area contributed by atoms with Gasteiger partial charge in [-0.25, -0.2) is 12.4 Å². The van der Waals surface area contributed by atoms with Crippen molar-refractivity contribution < 1.29 is 17.9 Å². The van der Waals surface area contributed by atoms with Crippen LogP contribution in [0.5, 0.6) is 0 Å². The summed E-state index contributed by atoms with van der Waals surface area (Å²) in [6.45, 7) is 0.914. The third-order valence-corrected chi connectivity index (χ3v) is 5.08. The van der Waals surface area contributed by atoms with Crippen LogP contribution < -0.4 is 0 Å². The minimum Gasteiger partial charge on any atom is -0.345 e. The van der Waals surface area contributed by atoms with Crippen molar-refractivity contribution in [3.8, 4) is 0 Å². The van der Waals surface area contributed by atoms with Crippen LogP contribution in [0.15, 0.2) is 52.0 Å². The Morgan fingerprint density at radius 2 is 1.80 bits per heavy atom. The van der Waals surface area contributed by atoms with Crippen LogP contribution in [-0.4, -0.2) is 25.6 Å². The van der Waals surface area contributed by atoms with Gasteiger partial charge >= 0.3 is 0 Å². The topological polar surface area (TPSA) is 57.5 Å². The molecule has 5 nitrogen and oxygen atoms in total. The normalized spacial score (nSPS) is 16.6. The van der Waals surface area contributed by atoms with Gasteiger partial charge in [-0.2, -0.15) is 0 Å². The molecule has 0 radical (unpaired) electrons. The molecule has 0 saturated carbocycles. The van der Waals surface area contributed by atoms with E-state index in [1.54, 1.807) is 36.4 Å². The van der Waals surface area contributed by atoms with Crippen LogP contribution in [0, 0.1) is 0 Å². The fraction of sp³-hybridized carbons (Fsp3) is 0.231. The maximum absolute atomic E-state index is 12.7. The monoisotopic (exact) mass is 357 g/mol. The van der Waals surface area contributed by atoms with E-state index in [2.05, 4.69) is 15.9 Å². The molecule has 3 rings (SSSR count). The molecule has 1 aromatic heterocycles. The zero-order chi connectivity index (χ0) is 14.2. The van der Waals surface area contributed by atoms with E-state index >= 15 is 0 Å². The number of benzene rings is 1. The summed E-state index contributed by atoms with van der Waals surface area (Å²) in [4.78, 5) is 0.224. The maximum atomic E-state index is 12.7. The zero-order valence-electron chi connectivity index (χ0n) is 10.4. The fourth-order valence-electron chi connectivity index (χ4n) is 2.04. The lowest BCUT2D eigenvalue weighted by Gasteiger charge is -2.14. The number of halogens is 1. The Bertz CT molecular complexity index is 705. The number of nitrogens with zero attached hydrogens (tertiary/aromatic N) is 1. The van der Waals surface area contributed by atoms with E-state index in [1.807, 2.05) is 0 Å². The second-order valence-corrected chi connectivity index (χ2v) is 7.00. The smallest absolute Gasteiger partial charge is 0.268 e.